The number of halogens is 3. The van der Waals surface area contributed by atoms with Crippen LogP contribution in [-0.2, 0) is 11.3 Å². The third-order valence-corrected chi connectivity index (χ3v) is 3.22. The van der Waals surface area contributed by atoms with Crippen molar-refractivity contribution in [3.63, 3.8) is 0 Å². The van der Waals surface area contributed by atoms with Gasteiger partial charge in [0.2, 0.25) is 0 Å². The Hall–Kier alpha value is -1.59. The van der Waals surface area contributed by atoms with Gasteiger partial charge in [0.05, 0.1) is 5.56 Å². The molecular formula is C14H10BrClFNO2. The topological polar surface area (TPSA) is 52.3 Å². The van der Waals surface area contributed by atoms with Crippen LogP contribution < -0.4 is 5.73 Å². The maximum atomic E-state index is 13.2. The van der Waals surface area contributed by atoms with Crippen molar-refractivity contribution < 1.29 is 13.9 Å². The largest absolute Gasteiger partial charge is 0.457 e. The number of hydrogen-bond acceptors (Lipinski definition) is 3. The van der Waals surface area contributed by atoms with E-state index in [4.69, 9.17) is 22.1 Å². The van der Waals surface area contributed by atoms with Gasteiger partial charge in [0, 0.05) is 15.2 Å². The summed E-state index contributed by atoms with van der Waals surface area (Å²) >= 11 is 8.97. The lowest BCUT2D eigenvalue weighted by molar-refractivity contribution is 0.0473. The monoisotopic (exact) mass is 357 g/mol. The number of carbonyl (C=O) groups excluding carboxylic acids is 1. The molecule has 0 unspecified atom stereocenters. The number of nitrogens with two attached hydrogens (primary N) is 1. The molecule has 0 radical (unpaired) electrons. The van der Waals surface area contributed by atoms with Crippen LogP contribution in [-0.4, -0.2) is 5.97 Å². The van der Waals surface area contributed by atoms with E-state index in [2.05, 4.69) is 15.9 Å². The van der Waals surface area contributed by atoms with Crippen LogP contribution >= 0.6 is 27.5 Å². The zero-order chi connectivity index (χ0) is 14.7. The molecule has 0 aliphatic heterocycles. The van der Waals surface area contributed by atoms with Gasteiger partial charge in [-0.05, 0) is 42.0 Å². The highest BCUT2D eigenvalue weighted by Gasteiger charge is 2.12. The van der Waals surface area contributed by atoms with Gasteiger partial charge < -0.3 is 10.5 Å². The van der Waals surface area contributed by atoms with Gasteiger partial charge in [-0.2, -0.15) is 0 Å². The van der Waals surface area contributed by atoms with Gasteiger partial charge in [-0.25, -0.2) is 9.18 Å². The summed E-state index contributed by atoms with van der Waals surface area (Å²) in [5.74, 6) is -1.02. The summed E-state index contributed by atoms with van der Waals surface area (Å²) in [6.45, 7) is -0.0544. The first-order valence-electron chi connectivity index (χ1n) is 5.63. The molecule has 3 nitrogen and oxygen atoms in total. The third kappa shape index (κ3) is 3.71. The van der Waals surface area contributed by atoms with E-state index in [9.17, 15) is 9.18 Å². The fraction of sp³-hybridized carbons (Fsp3) is 0.0714. The Morgan fingerprint density at radius 2 is 2.05 bits per heavy atom. The van der Waals surface area contributed by atoms with Crippen molar-refractivity contribution in [2.45, 2.75) is 6.61 Å². The first-order chi connectivity index (χ1) is 9.45. The van der Waals surface area contributed by atoms with Crippen LogP contribution in [0.15, 0.2) is 40.9 Å². The molecule has 20 heavy (non-hydrogen) atoms. The number of ether oxygens (including phenoxy) is 1. The zero-order valence-electron chi connectivity index (χ0n) is 10.2. The summed E-state index contributed by atoms with van der Waals surface area (Å²) in [6, 6.07) is 8.81. The maximum Gasteiger partial charge on any atom is 0.340 e. The van der Waals surface area contributed by atoms with E-state index in [1.54, 1.807) is 12.1 Å². The molecule has 0 saturated carbocycles. The molecule has 0 spiro atoms. The Morgan fingerprint density at radius 3 is 2.75 bits per heavy atom. The van der Waals surface area contributed by atoms with E-state index in [0.29, 0.717) is 15.1 Å². The molecule has 0 atom stereocenters. The molecule has 2 aromatic carbocycles. The number of rotatable bonds is 3. The fourth-order valence-electron chi connectivity index (χ4n) is 1.63. The minimum Gasteiger partial charge on any atom is -0.457 e. The second-order valence-electron chi connectivity index (χ2n) is 4.09. The molecule has 2 N–H and O–H groups in total. The third-order valence-electron chi connectivity index (χ3n) is 2.53. The van der Waals surface area contributed by atoms with Crippen molar-refractivity contribution in [1.82, 2.24) is 0 Å². The molecule has 104 valence electrons. The molecule has 0 amide bonds. The number of hydrogen-bond donors (Lipinski definition) is 1. The molecule has 6 heteroatoms. The first kappa shape index (κ1) is 14.8. The highest BCUT2D eigenvalue weighted by Crippen LogP contribution is 2.20. The molecule has 0 bridgehead atoms. The van der Waals surface area contributed by atoms with Crippen molar-refractivity contribution in [2.75, 3.05) is 5.73 Å². The summed E-state index contributed by atoms with van der Waals surface area (Å²) in [6.07, 6.45) is 0. The molecule has 0 aliphatic carbocycles. The molecule has 0 aromatic heterocycles. The zero-order valence-corrected chi connectivity index (χ0v) is 12.5. The van der Waals surface area contributed by atoms with E-state index in [-0.39, 0.29) is 17.9 Å². The highest BCUT2D eigenvalue weighted by molar-refractivity contribution is 9.10. The summed E-state index contributed by atoms with van der Waals surface area (Å²) < 4.78 is 18.9. The molecule has 0 fully saturated rings. The van der Waals surface area contributed by atoms with Crippen molar-refractivity contribution in [3.05, 3.63) is 62.8 Å². The number of anilines is 1. The summed E-state index contributed by atoms with van der Waals surface area (Å²) in [5.41, 5.74) is 6.68. The first-order valence-corrected chi connectivity index (χ1v) is 6.80. The second-order valence-corrected chi connectivity index (χ2v) is 5.44. The van der Waals surface area contributed by atoms with Crippen LogP contribution in [0.25, 0.3) is 0 Å². The van der Waals surface area contributed by atoms with Crippen LogP contribution in [0.5, 0.6) is 0 Å². The van der Waals surface area contributed by atoms with Crippen molar-refractivity contribution in [2.24, 2.45) is 0 Å². The van der Waals surface area contributed by atoms with Crippen LogP contribution in [0.2, 0.25) is 5.02 Å². The van der Waals surface area contributed by atoms with E-state index >= 15 is 0 Å². The molecule has 0 heterocycles. The van der Waals surface area contributed by atoms with Gasteiger partial charge >= 0.3 is 5.97 Å². The van der Waals surface area contributed by atoms with Gasteiger partial charge in [-0.15, -0.1) is 0 Å². The van der Waals surface area contributed by atoms with E-state index in [1.165, 1.54) is 24.3 Å². The number of carbonyl (C=O) groups is 1. The average molecular weight is 359 g/mol. The Balaban J connectivity index is 2.10. The predicted octanol–water partition coefficient (Wildman–Crippen LogP) is 4.18. The summed E-state index contributed by atoms with van der Waals surface area (Å²) in [5, 5.41) is 0.389. The maximum absolute atomic E-state index is 13.2. The smallest absolute Gasteiger partial charge is 0.340 e. The SMILES string of the molecule is Nc1ccc(Cl)cc1C(=O)OCc1cc(F)cc(Br)c1. The Kier molecular flexibility index (Phi) is 4.62. The molecule has 2 rings (SSSR count). The molecule has 0 saturated heterocycles. The van der Waals surface area contributed by atoms with E-state index in [1.807, 2.05) is 0 Å². The lowest BCUT2D eigenvalue weighted by atomic mass is 10.2. The van der Waals surface area contributed by atoms with Gasteiger partial charge in [0.15, 0.2) is 0 Å². The molecule has 2 aromatic rings. The normalized spacial score (nSPS) is 10.3. The predicted molar refractivity (Wildman–Crippen MR) is 79.1 cm³/mol. The lowest BCUT2D eigenvalue weighted by Gasteiger charge is -2.08. The van der Waals surface area contributed by atoms with Crippen LogP contribution in [0.3, 0.4) is 0 Å². The highest BCUT2D eigenvalue weighted by atomic mass is 79.9. The van der Waals surface area contributed by atoms with Crippen LogP contribution in [0.4, 0.5) is 10.1 Å². The van der Waals surface area contributed by atoms with Gasteiger partial charge in [0.25, 0.3) is 0 Å². The Morgan fingerprint density at radius 1 is 1.30 bits per heavy atom. The standard InChI is InChI=1S/C14H10BrClFNO2/c15-9-3-8(4-11(17)5-9)7-20-14(19)12-6-10(16)1-2-13(12)18/h1-6H,7,18H2. The minimum atomic E-state index is -0.606. The Bertz CT molecular complexity index is 643. The van der Waals surface area contributed by atoms with Crippen LogP contribution in [0, 0.1) is 5.82 Å². The van der Waals surface area contributed by atoms with Crippen molar-refractivity contribution in [1.29, 1.82) is 0 Å². The molecular weight excluding hydrogens is 349 g/mol. The Labute approximate surface area is 128 Å². The van der Waals surface area contributed by atoms with Crippen molar-refractivity contribution >= 4 is 39.2 Å². The lowest BCUT2D eigenvalue weighted by Crippen LogP contribution is -2.08. The average Bonchev–Trinajstić information content (AvgIpc) is 2.38. The number of esters is 1. The number of nitrogen functional groups attached to an aromatic ring is 1. The molecule has 0 aliphatic rings. The second kappa shape index (κ2) is 6.24. The van der Waals surface area contributed by atoms with E-state index < -0.39 is 11.8 Å². The van der Waals surface area contributed by atoms with Gasteiger partial charge in [-0.1, -0.05) is 27.5 Å². The van der Waals surface area contributed by atoms with Gasteiger partial charge in [0.1, 0.15) is 12.4 Å². The van der Waals surface area contributed by atoms with Crippen LogP contribution in [0.1, 0.15) is 15.9 Å². The van der Waals surface area contributed by atoms with E-state index in [0.717, 1.165) is 0 Å². The summed E-state index contributed by atoms with van der Waals surface area (Å²) in [4.78, 5) is 11.9. The minimum absolute atomic E-state index is 0.0544. The summed E-state index contributed by atoms with van der Waals surface area (Å²) in [7, 11) is 0. The van der Waals surface area contributed by atoms with Gasteiger partial charge in [-0.3, -0.25) is 0 Å². The van der Waals surface area contributed by atoms with Crippen molar-refractivity contribution in [3.8, 4) is 0 Å². The fourth-order valence-corrected chi connectivity index (χ4v) is 2.31. The quantitative estimate of drug-likeness (QED) is 0.661. The number of benzene rings is 2.